The molecule has 0 bridgehead atoms. The van der Waals surface area contributed by atoms with Gasteiger partial charge < -0.3 is 20.5 Å². The largest absolute Gasteiger partial charge is 0.493 e. The lowest BCUT2D eigenvalue weighted by atomic mass is 9.88. The van der Waals surface area contributed by atoms with E-state index in [2.05, 4.69) is 10.6 Å². The molecule has 0 aliphatic carbocycles. The van der Waals surface area contributed by atoms with E-state index in [9.17, 15) is 24.8 Å². The number of para-hydroxylation sites is 1. The first-order valence-electron chi connectivity index (χ1n) is 8.59. The van der Waals surface area contributed by atoms with E-state index in [4.69, 9.17) is 4.74 Å². The highest BCUT2D eigenvalue weighted by molar-refractivity contribution is 6.39. The van der Waals surface area contributed by atoms with Crippen LogP contribution in [0.2, 0.25) is 0 Å². The number of anilines is 1. The Morgan fingerprint density at radius 2 is 2.00 bits per heavy atom. The molecule has 2 amide bonds. The summed E-state index contributed by atoms with van der Waals surface area (Å²) < 4.78 is 5.49. The Hall–Kier alpha value is -3.46. The van der Waals surface area contributed by atoms with Crippen LogP contribution in [0.3, 0.4) is 0 Å². The van der Waals surface area contributed by atoms with Crippen molar-refractivity contribution in [1.82, 2.24) is 5.32 Å². The van der Waals surface area contributed by atoms with Crippen LogP contribution in [0.1, 0.15) is 17.5 Å². The van der Waals surface area contributed by atoms with Crippen LogP contribution in [0.25, 0.3) is 0 Å². The fraction of sp³-hybridized carbons (Fsp3) is 0.263. The van der Waals surface area contributed by atoms with E-state index in [1.165, 1.54) is 18.2 Å². The number of rotatable bonds is 4. The number of benzene rings is 2. The van der Waals surface area contributed by atoms with Crippen molar-refractivity contribution in [2.45, 2.75) is 18.9 Å². The number of carbonyl (C=O) groups excluding carboxylic acids is 2. The second-order valence-corrected chi connectivity index (χ2v) is 6.52. The van der Waals surface area contributed by atoms with Crippen LogP contribution in [0.5, 0.6) is 5.75 Å². The Bertz CT molecular complexity index is 945. The predicted octanol–water partition coefficient (Wildman–Crippen LogP) is 1.63. The molecule has 3 N–H and O–H groups in total. The highest BCUT2D eigenvalue weighted by Crippen LogP contribution is 2.36. The molecule has 0 fully saturated rings. The zero-order valence-corrected chi connectivity index (χ0v) is 15.1. The summed E-state index contributed by atoms with van der Waals surface area (Å²) in [7, 11) is 0. The van der Waals surface area contributed by atoms with E-state index in [0.29, 0.717) is 22.6 Å². The third-order valence-corrected chi connectivity index (χ3v) is 4.58. The number of amides is 2. The minimum Gasteiger partial charge on any atom is -0.493 e. The van der Waals surface area contributed by atoms with Crippen molar-refractivity contribution >= 4 is 23.2 Å². The molecule has 0 saturated carbocycles. The molecule has 1 atom stereocenters. The van der Waals surface area contributed by atoms with Gasteiger partial charge in [0.1, 0.15) is 11.4 Å². The number of nitro groups is 1. The number of aryl methyl sites for hydroxylation is 1. The van der Waals surface area contributed by atoms with Crippen molar-refractivity contribution in [3.63, 3.8) is 0 Å². The van der Waals surface area contributed by atoms with E-state index >= 15 is 0 Å². The molecule has 0 saturated heterocycles. The first-order valence-corrected chi connectivity index (χ1v) is 8.59. The summed E-state index contributed by atoms with van der Waals surface area (Å²) in [5.74, 6) is -1.31. The number of nitrogens with zero attached hydrogens (tertiary/aromatic N) is 1. The van der Waals surface area contributed by atoms with Gasteiger partial charge in [-0.05, 0) is 24.6 Å². The van der Waals surface area contributed by atoms with Crippen LogP contribution in [0.15, 0.2) is 42.5 Å². The first-order chi connectivity index (χ1) is 13.3. The lowest BCUT2D eigenvalue weighted by Gasteiger charge is -2.34. The predicted molar refractivity (Wildman–Crippen MR) is 99.9 cm³/mol. The molecule has 146 valence electrons. The third-order valence-electron chi connectivity index (χ3n) is 4.58. The van der Waals surface area contributed by atoms with Crippen molar-refractivity contribution in [1.29, 1.82) is 0 Å². The number of fused-ring (bicyclic) bond motifs is 1. The summed E-state index contributed by atoms with van der Waals surface area (Å²) in [5.41, 5.74) is -0.157. The zero-order chi connectivity index (χ0) is 20.3. The lowest BCUT2D eigenvalue weighted by molar-refractivity contribution is -0.384. The van der Waals surface area contributed by atoms with Gasteiger partial charge in [0.25, 0.3) is 5.69 Å². The van der Waals surface area contributed by atoms with Gasteiger partial charge in [-0.25, -0.2) is 0 Å². The van der Waals surface area contributed by atoms with Crippen molar-refractivity contribution < 1.29 is 24.4 Å². The number of hydrogen-bond acceptors (Lipinski definition) is 6. The minimum atomic E-state index is -1.34. The maximum atomic E-state index is 12.2. The summed E-state index contributed by atoms with van der Waals surface area (Å²) in [5, 5.41) is 26.5. The number of nitrogens with one attached hydrogen (secondary N) is 2. The molecular weight excluding hydrogens is 366 g/mol. The van der Waals surface area contributed by atoms with E-state index in [1.807, 2.05) is 0 Å². The summed E-state index contributed by atoms with van der Waals surface area (Å²) in [6.07, 6.45) is 0.271. The van der Waals surface area contributed by atoms with E-state index < -0.39 is 22.3 Å². The van der Waals surface area contributed by atoms with Crippen LogP contribution in [-0.2, 0) is 15.2 Å². The summed E-state index contributed by atoms with van der Waals surface area (Å²) in [6.45, 7) is 1.72. The second-order valence-electron chi connectivity index (χ2n) is 6.52. The topological polar surface area (TPSA) is 131 Å². The first kappa shape index (κ1) is 19.3. The van der Waals surface area contributed by atoms with Gasteiger partial charge in [-0.1, -0.05) is 18.2 Å². The molecule has 9 heteroatoms. The van der Waals surface area contributed by atoms with Gasteiger partial charge in [-0.2, -0.15) is 0 Å². The Morgan fingerprint density at radius 1 is 1.25 bits per heavy atom. The number of non-ortho nitro benzene ring substituents is 1. The van der Waals surface area contributed by atoms with E-state index in [-0.39, 0.29) is 25.3 Å². The van der Waals surface area contributed by atoms with Crippen molar-refractivity contribution in [2.24, 2.45) is 0 Å². The van der Waals surface area contributed by atoms with Crippen LogP contribution in [-0.4, -0.2) is 35.0 Å². The normalized spacial score (nSPS) is 17.8. The average molecular weight is 385 g/mol. The highest BCUT2D eigenvalue weighted by atomic mass is 16.6. The SMILES string of the molecule is Cc1cc([N+](=O)[O-])ccc1NC(=O)C(=O)NCC1(O)CCOc2ccccc21. The second kappa shape index (κ2) is 7.65. The number of aliphatic hydroxyl groups is 1. The van der Waals surface area contributed by atoms with Gasteiger partial charge in [0.05, 0.1) is 18.1 Å². The number of carbonyl (C=O) groups is 2. The van der Waals surface area contributed by atoms with E-state index in [0.717, 1.165) is 0 Å². The van der Waals surface area contributed by atoms with Gasteiger partial charge in [-0.15, -0.1) is 0 Å². The molecule has 3 rings (SSSR count). The average Bonchev–Trinajstić information content (AvgIpc) is 2.68. The third kappa shape index (κ3) is 3.94. The maximum absolute atomic E-state index is 12.2. The molecule has 1 aliphatic heterocycles. The number of ether oxygens (including phenoxy) is 1. The van der Waals surface area contributed by atoms with Crippen LogP contribution in [0, 0.1) is 17.0 Å². The quantitative estimate of drug-likeness (QED) is 0.416. The lowest BCUT2D eigenvalue weighted by Crippen LogP contribution is -2.46. The highest BCUT2D eigenvalue weighted by Gasteiger charge is 2.36. The van der Waals surface area contributed by atoms with Gasteiger partial charge in [0.2, 0.25) is 0 Å². The minimum absolute atomic E-state index is 0.111. The van der Waals surface area contributed by atoms with Gasteiger partial charge in [0, 0.05) is 29.8 Å². The molecule has 0 spiro atoms. The molecule has 28 heavy (non-hydrogen) atoms. The molecular formula is C19H19N3O6. The summed E-state index contributed by atoms with van der Waals surface area (Å²) in [4.78, 5) is 34.5. The Kier molecular flexibility index (Phi) is 5.27. The Balaban J connectivity index is 1.64. The van der Waals surface area contributed by atoms with Crippen molar-refractivity contribution in [3.8, 4) is 5.75 Å². The molecule has 0 aromatic heterocycles. The summed E-state index contributed by atoms with van der Waals surface area (Å²) >= 11 is 0. The van der Waals surface area contributed by atoms with E-state index in [1.54, 1.807) is 31.2 Å². The Labute approximate surface area is 160 Å². The molecule has 2 aromatic carbocycles. The Morgan fingerprint density at radius 3 is 2.71 bits per heavy atom. The summed E-state index contributed by atoms with van der Waals surface area (Å²) in [6, 6.07) is 10.9. The van der Waals surface area contributed by atoms with Crippen LogP contribution < -0.4 is 15.4 Å². The monoisotopic (exact) mass is 385 g/mol. The van der Waals surface area contributed by atoms with Gasteiger partial charge in [0.15, 0.2) is 0 Å². The molecule has 1 unspecified atom stereocenters. The number of nitro benzene ring substituents is 1. The maximum Gasteiger partial charge on any atom is 0.313 e. The zero-order valence-electron chi connectivity index (χ0n) is 15.1. The molecule has 2 aromatic rings. The molecule has 1 heterocycles. The van der Waals surface area contributed by atoms with Crippen LogP contribution in [0.4, 0.5) is 11.4 Å². The fourth-order valence-electron chi connectivity index (χ4n) is 3.01. The van der Waals surface area contributed by atoms with Gasteiger partial charge in [-0.3, -0.25) is 19.7 Å². The van der Waals surface area contributed by atoms with Crippen LogP contribution >= 0.6 is 0 Å². The molecule has 0 radical (unpaired) electrons. The number of hydrogen-bond donors (Lipinski definition) is 3. The van der Waals surface area contributed by atoms with Crippen molar-refractivity contribution in [2.75, 3.05) is 18.5 Å². The standard InChI is InChI=1S/C19H19N3O6/c1-12-10-13(22(26)27)6-7-15(12)21-18(24)17(23)20-11-19(25)8-9-28-16-5-3-2-4-14(16)19/h2-7,10,25H,8-9,11H2,1H3,(H,20,23)(H,21,24). The molecule has 9 nitrogen and oxygen atoms in total. The smallest absolute Gasteiger partial charge is 0.313 e. The molecule has 1 aliphatic rings. The van der Waals surface area contributed by atoms with Crippen molar-refractivity contribution in [3.05, 3.63) is 63.7 Å². The van der Waals surface area contributed by atoms with Gasteiger partial charge >= 0.3 is 11.8 Å². The fourth-order valence-corrected chi connectivity index (χ4v) is 3.01.